The number of carbonyl (C=O) groups is 1. The smallest absolute Gasteiger partial charge is 0.267 e. The zero-order chi connectivity index (χ0) is 15.2. The third-order valence-electron chi connectivity index (χ3n) is 2.74. The van der Waals surface area contributed by atoms with Crippen LogP contribution >= 0.6 is 0 Å². The van der Waals surface area contributed by atoms with E-state index in [1.807, 2.05) is 31.2 Å². The fourth-order valence-electron chi connectivity index (χ4n) is 1.74. The highest BCUT2D eigenvalue weighted by Crippen LogP contribution is 2.12. The van der Waals surface area contributed by atoms with Crippen LogP contribution in [0.2, 0.25) is 0 Å². The molecule has 0 aliphatic rings. The molecule has 21 heavy (non-hydrogen) atoms. The van der Waals surface area contributed by atoms with Gasteiger partial charge in [-0.1, -0.05) is 35.9 Å². The molecular formula is C15H13N3O3. The summed E-state index contributed by atoms with van der Waals surface area (Å²) in [4.78, 5) is 21.9. The van der Waals surface area contributed by atoms with Crippen molar-refractivity contribution in [2.24, 2.45) is 5.10 Å². The lowest BCUT2D eigenvalue weighted by atomic mass is 10.2. The second-order valence-corrected chi connectivity index (χ2v) is 4.42. The van der Waals surface area contributed by atoms with Gasteiger partial charge in [0.05, 0.1) is 11.1 Å². The highest BCUT2D eigenvalue weighted by molar-refractivity contribution is 5.95. The maximum absolute atomic E-state index is 11.8. The Morgan fingerprint density at radius 3 is 2.71 bits per heavy atom. The van der Waals surface area contributed by atoms with Crippen molar-refractivity contribution in [2.75, 3.05) is 0 Å². The summed E-state index contributed by atoms with van der Waals surface area (Å²) >= 11 is 0. The van der Waals surface area contributed by atoms with Crippen molar-refractivity contribution >= 4 is 17.8 Å². The van der Waals surface area contributed by atoms with Gasteiger partial charge in [-0.2, -0.15) is 5.10 Å². The number of carbonyl (C=O) groups excluding carboxylic acids is 1. The van der Waals surface area contributed by atoms with E-state index in [0.717, 1.165) is 11.1 Å². The third kappa shape index (κ3) is 3.97. The summed E-state index contributed by atoms with van der Waals surface area (Å²) in [6.07, 6.45) is 1.52. The predicted octanol–water partition coefficient (Wildman–Crippen LogP) is 2.67. The van der Waals surface area contributed by atoms with Crippen LogP contribution in [0.4, 0.5) is 5.69 Å². The van der Waals surface area contributed by atoms with Crippen LogP contribution in [-0.4, -0.2) is 17.0 Å². The van der Waals surface area contributed by atoms with E-state index in [2.05, 4.69) is 10.5 Å². The molecule has 0 heterocycles. The van der Waals surface area contributed by atoms with Crippen molar-refractivity contribution in [3.05, 3.63) is 75.3 Å². The number of aryl methyl sites for hydroxylation is 1. The average molecular weight is 283 g/mol. The van der Waals surface area contributed by atoms with Crippen LogP contribution in [0, 0.1) is 17.0 Å². The number of rotatable bonds is 4. The van der Waals surface area contributed by atoms with Gasteiger partial charge in [0, 0.05) is 17.7 Å². The molecule has 0 bridgehead atoms. The van der Waals surface area contributed by atoms with Gasteiger partial charge in [-0.25, -0.2) is 5.43 Å². The van der Waals surface area contributed by atoms with Crippen LogP contribution < -0.4 is 5.43 Å². The maximum Gasteiger partial charge on any atom is 0.271 e. The number of benzene rings is 2. The quantitative estimate of drug-likeness (QED) is 0.532. The fourth-order valence-corrected chi connectivity index (χ4v) is 1.74. The Morgan fingerprint density at radius 1 is 1.24 bits per heavy atom. The minimum absolute atomic E-state index is 0.134. The highest BCUT2D eigenvalue weighted by atomic mass is 16.6. The second kappa shape index (κ2) is 6.42. The van der Waals surface area contributed by atoms with Gasteiger partial charge in [-0.05, 0) is 18.6 Å². The SMILES string of the molecule is Cc1cccc(/C=N\NC(=O)c2cccc([N+](=O)[O-])c2)c1. The third-order valence-corrected chi connectivity index (χ3v) is 2.74. The van der Waals surface area contributed by atoms with Crippen molar-refractivity contribution in [1.29, 1.82) is 0 Å². The molecule has 0 aliphatic heterocycles. The second-order valence-electron chi connectivity index (χ2n) is 4.42. The van der Waals surface area contributed by atoms with E-state index >= 15 is 0 Å². The topological polar surface area (TPSA) is 84.6 Å². The Labute approximate surface area is 121 Å². The van der Waals surface area contributed by atoms with Crippen molar-refractivity contribution in [3.63, 3.8) is 0 Å². The minimum Gasteiger partial charge on any atom is -0.267 e. The van der Waals surface area contributed by atoms with Crippen LogP contribution in [0.5, 0.6) is 0 Å². The molecule has 0 radical (unpaired) electrons. The number of hydrogen-bond acceptors (Lipinski definition) is 4. The summed E-state index contributed by atoms with van der Waals surface area (Å²) in [5.74, 6) is -0.498. The molecule has 0 aromatic heterocycles. The summed E-state index contributed by atoms with van der Waals surface area (Å²) in [6.45, 7) is 1.96. The number of non-ortho nitro benzene ring substituents is 1. The molecule has 0 unspecified atom stereocenters. The van der Waals surface area contributed by atoms with Gasteiger partial charge < -0.3 is 0 Å². The van der Waals surface area contributed by atoms with Gasteiger partial charge in [0.2, 0.25) is 0 Å². The molecule has 0 saturated heterocycles. The maximum atomic E-state index is 11.8. The fraction of sp³-hybridized carbons (Fsp3) is 0.0667. The number of nitro benzene ring substituents is 1. The molecule has 6 heteroatoms. The first-order valence-electron chi connectivity index (χ1n) is 6.21. The molecule has 0 spiro atoms. The van der Waals surface area contributed by atoms with E-state index in [4.69, 9.17) is 0 Å². The number of nitro groups is 1. The monoisotopic (exact) mass is 283 g/mol. The Kier molecular flexibility index (Phi) is 4.40. The largest absolute Gasteiger partial charge is 0.271 e. The van der Waals surface area contributed by atoms with Crippen LogP contribution in [0.15, 0.2) is 53.6 Å². The first-order valence-corrected chi connectivity index (χ1v) is 6.21. The number of amides is 1. The standard InChI is InChI=1S/C15H13N3O3/c1-11-4-2-5-12(8-11)10-16-17-15(19)13-6-3-7-14(9-13)18(20)21/h2-10H,1H3,(H,17,19)/b16-10-. The van der Waals surface area contributed by atoms with Crippen LogP contribution in [0.1, 0.15) is 21.5 Å². The van der Waals surface area contributed by atoms with Crippen LogP contribution in [0.25, 0.3) is 0 Å². The van der Waals surface area contributed by atoms with Gasteiger partial charge >= 0.3 is 0 Å². The van der Waals surface area contributed by atoms with Gasteiger partial charge in [0.1, 0.15) is 0 Å². The average Bonchev–Trinajstić information content (AvgIpc) is 2.47. The van der Waals surface area contributed by atoms with Gasteiger partial charge in [-0.15, -0.1) is 0 Å². The lowest BCUT2D eigenvalue weighted by Crippen LogP contribution is -2.17. The zero-order valence-electron chi connectivity index (χ0n) is 11.3. The van der Waals surface area contributed by atoms with Crippen molar-refractivity contribution in [3.8, 4) is 0 Å². The highest BCUT2D eigenvalue weighted by Gasteiger charge is 2.10. The Hall–Kier alpha value is -3.02. The molecule has 0 aliphatic carbocycles. The molecule has 106 valence electrons. The van der Waals surface area contributed by atoms with Gasteiger partial charge in [-0.3, -0.25) is 14.9 Å². The van der Waals surface area contributed by atoms with Crippen molar-refractivity contribution in [2.45, 2.75) is 6.92 Å². The first-order chi connectivity index (χ1) is 10.1. The summed E-state index contributed by atoms with van der Waals surface area (Å²) < 4.78 is 0. The molecule has 1 amide bonds. The minimum atomic E-state index is -0.549. The summed E-state index contributed by atoms with van der Waals surface area (Å²) in [5, 5.41) is 14.5. The number of nitrogens with one attached hydrogen (secondary N) is 1. The van der Waals surface area contributed by atoms with E-state index < -0.39 is 10.8 Å². The van der Waals surface area contributed by atoms with Crippen LogP contribution in [0.3, 0.4) is 0 Å². The molecule has 2 aromatic carbocycles. The van der Waals surface area contributed by atoms with Crippen LogP contribution in [-0.2, 0) is 0 Å². The summed E-state index contributed by atoms with van der Waals surface area (Å²) in [5.41, 5.74) is 4.34. The molecular weight excluding hydrogens is 270 g/mol. The molecule has 2 aromatic rings. The van der Waals surface area contributed by atoms with E-state index in [0.29, 0.717) is 0 Å². The number of hydrogen-bond donors (Lipinski definition) is 1. The zero-order valence-corrected chi connectivity index (χ0v) is 11.3. The number of nitrogens with zero attached hydrogens (tertiary/aromatic N) is 2. The summed E-state index contributed by atoms with van der Waals surface area (Å²) in [6, 6.07) is 13.1. The molecule has 0 fully saturated rings. The molecule has 0 atom stereocenters. The Bertz CT molecular complexity index is 711. The van der Waals surface area contributed by atoms with Gasteiger partial charge in [0.15, 0.2) is 0 Å². The van der Waals surface area contributed by atoms with E-state index in [1.165, 1.54) is 30.5 Å². The van der Waals surface area contributed by atoms with Gasteiger partial charge in [0.25, 0.3) is 11.6 Å². The normalized spacial score (nSPS) is 10.5. The molecule has 0 saturated carbocycles. The van der Waals surface area contributed by atoms with E-state index in [-0.39, 0.29) is 11.3 Å². The molecule has 1 N–H and O–H groups in total. The van der Waals surface area contributed by atoms with Crippen molar-refractivity contribution < 1.29 is 9.72 Å². The lowest BCUT2D eigenvalue weighted by molar-refractivity contribution is -0.384. The Morgan fingerprint density at radius 2 is 2.00 bits per heavy atom. The predicted molar refractivity (Wildman–Crippen MR) is 79.3 cm³/mol. The van der Waals surface area contributed by atoms with E-state index in [1.54, 1.807) is 0 Å². The lowest BCUT2D eigenvalue weighted by Gasteiger charge is -2.00. The van der Waals surface area contributed by atoms with Crippen molar-refractivity contribution in [1.82, 2.24) is 5.43 Å². The molecule has 6 nitrogen and oxygen atoms in total. The van der Waals surface area contributed by atoms with E-state index in [9.17, 15) is 14.9 Å². The summed E-state index contributed by atoms with van der Waals surface area (Å²) in [7, 11) is 0. The molecule has 2 rings (SSSR count). The first kappa shape index (κ1) is 14.4. The number of hydrazone groups is 1. The Balaban J connectivity index is 2.05.